The minimum Gasteiger partial charge on any atom is -0.469 e. The summed E-state index contributed by atoms with van der Waals surface area (Å²) in [6, 6.07) is 0. The van der Waals surface area contributed by atoms with E-state index in [0.717, 1.165) is 6.20 Å². The standard InChI is InChI=1S/C7H8N2O3/c1-12-7(11)2-5-3-8-4-6(10)9-5/h3-4H,2H2,1H3,(H,9,10). The summed E-state index contributed by atoms with van der Waals surface area (Å²) in [5.74, 6) is -0.404. The van der Waals surface area contributed by atoms with E-state index in [2.05, 4.69) is 14.7 Å². The SMILES string of the molecule is COC(=O)Cc1cncc(=O)[nH]1. The first-order chi connectivity index (χ1) is 5.72. The van der Waals surface area contributed by atoms with Gasteiger partial charge in [-0.05, 0) is 0 Å². The van der Waals surface area contributed by atoms with E-state index in [1.165, 1.54) is 13.3 Å². The van der Waals surface area contributed by atoms with Crippen LogP contribution in [0, 0.1) is 0 Å². The van der Waals surface area contributed by atoms with Gasteiger partial charge in [0, 0.05) is 11.9 Å². The van der Waals surface area contributed by atoms with E-state index in [4.69, 9.17) is 0 Å². The number of methoxy groups -OCH3 is 1. The number of H-pyrrole nitrogens is 1. The molecule has 0 spiro atoms. The molecule has 5 heteroatoms. The van der Waals surface area contributed by atoms with Crippen LogP contribution in [0.4, 0.5) is 0 Å². The molecule has 0 aliphatic rings. The number of hydrogen-bond donors (Lipinski definition) is 1. The molecule has 0 unspecified atom stereocenters. The number of nitrogens with zero attached hydrogens (tertiary/aromatic N) is 1. The van der Waals surface area contributed by atoms with Crippen molar-refractivity contribution in [3.8, 4) is 0 Å². The second-order valence-corrected chi connectivity index (χ2v) is 2.17. The quantitative estimate of drug-likeness (QED) is 0.603. The van der Waals surface area contributed by atoms with Gasteiger partial charge in [0.05, 0.1) is 19.7 Å². The number of carbonyl (C=O) groups is 1. The number of carbonyl (C=O) groups excluding carboxylic acids is 1. The van der Waals surface area contributed by atoms with Gasteiger partial charge in [-0.3, -0.25) is 14.6 Å². The Balaban J connectivity index is 2.76. The average molecular weight is 168 g/mol. The van der Waals surface area contributed by atoms with Gasteiger partial charge in [0.2, 0.25) is 0 Å². The Labute approximate surface area is 68.4 Å². The van der Waals surface area contributed by atoms with Gasteiger partial charge < -0.3 is 9.72 Å². The van der Waals surface area contributed by atoms with Crippen molar-refractivity contribution in [2.45, 2.75) is 6.42 Å². The van der Waals surface area contributed by atoms with Crippen molar-refractivity contribution in [3.05, 3.63) is 28.4 Å². The molecule has 64 valence electrons. The number of ether oxygens (including phenoxy) is 1. The third-order valence-electron chi connectivity index (χ3n) is 1.27. The first kappa shape index (κ1) is 8.45. The number of hydrogen-bond acceptors (Lipinski definition) is 4. The van der Waals surface area contributed by atoms with E-state index < -0.39 is 5.97 Å². The predicted molar refractivity (Wildman–Crippen MR) is 40.6 cm³/mol. The summed E-state index contributed by atoms with van der Waals surface area (Å²) in [5, 5.41) is 0. The van der Waals surface area contributed by atoms with Crippen LogP contribution in [0.25, 0.3) is 0 Å². The summed E-state index contributed by atoms with van der Waals surface area (Å²) in [6.07, 6.45) is 2.60. The van der Waals surface area contributed by atoms with Gasteiger partial charge in [0.25, 0.3) is 5.56 Å². The summed E-state index contributed by atoms with van der Waals surface area (Å²) >= 11 is 0. The second-order valence-electron chi connectivity index (χ2n) is 2.17. The Morgan fingerprint density at radius 1 is 1.67 bits per heavy atom. The second kappa shape index (κ2) is 3.66. The van der Waals surface area contributed by atoms with Gasteiger partial charge in [-0.2, -0.15) is 0 Å². The number of nitrogens with one attached hydrogen (secondary N) is 1. The smallest absolute Gasteiger partial charge is 0.311 e. The molecular weight excluding hydrogens is 160 g/mol. The topological polar surface area (TPSA) is 72.0 Å². The number of rotatable bonds is 2. The molecule has 5 nitrogen and oxygen atoms in total. The molecular formula is C7H8N2O3. The summed E-state index contributed by atoms with van der Waals surface area (Å²) in [5.41, 5.74) is 0.130. The maximum atomic E-state index is 10.7. The third kappa shape index (κ3) is 2.19. The Morgan fingerprint density at radius 3 is 3.00 bits per heavy atom. The average Bonchev–Trinajstić information content (AvgIpc) is 2.04. The lowest BCUT2D eigenvalue weighted by Gasteiger charge is -1.97. The van der Waals surface area contributed by atoms with Crippen molar-refractivity contribution in [2.24, 2.45) is 0 Å². The van der Waals surface area contributed by atoms with Gasteiger partial charge in [0.1, 0.15) is 0 Å². The number of esters is 1. The fourth-order valence-electron chi connectivity index (χ4n) is 0.735. The Morgan fingerprint density at radius 2 is 2.42 bits per heavy atom. The van der Waals surface area contributed by atoms with Crippen molar-refractivity contribution >= 4 is 5.97 Å². The van der Waals surface area contributed by atoms with Crippen molar-refractivity contribution in [3.63, 3.8) is 0 Å². The van der Waals surface area contributed by atoms with Crippen molar-refractivity contribution in [2.75, 3.05) is 7.11 Å². The van der Waals surface area contributed by atoms with Gasteiger partial charge in [-0.25, -0.2) is 0 Å². The highest BCUT2D eigenvalue weighted by molar-refractivity contribution is 5.71. The summed E-state index contributed by atoms with van der Waals surface area (Å²) in [6.45, 7) is 0. The molecule has 0 bridgehead atoms. The van der Waals surface area contributed by atoms with Crippen LogP contribution in [0.5, 0.6) is 0 Å². The highest BCUT2D eigenvalue weighted by Crippen LogP contribution is 1.90. The molecule has 0 aliphatic carbocycles. The van der Waals surface area contributed by atoms with E-state index in [9.17, 15) is 9.59 Å². The Hall–Kier alpha value is -1.65. The fraction of sp³-hybridized carbons (Fsp3) is 0.286. The van der Waals surface area contributed by atoms with Gasteiger partial charge in [-0.15, -0.1) is 0 Å². The van der Waals surface area contributed by atoms with E-state index >= 15 is 0 Å². The zero-order valence-corrected chi connectivity index (χ0v) is 6.53. The molecule has 1 heterocycles. The fourth-order valence-corrected chi connectivity index (χ4v) is 0.735. The number of aromatic nitrogens is 2. The summed E-state index contributed by atoms with van der Waals surface area (Å²) in [7, 11) is 1.29. The summed E-state index contributed by atoms with van der Waals surface area (Å²) in [4.78, 5) is 27.5. The van der Waals surface area contributed by atoms with E-state index in [0.29, 0.717) is 5.69 Å². The maximum Gasteiger partial charge on any atom is 0.311 e. The molecule has 1 aromatic rings. The lowest BCUT2D eigenvalue weighted by Crippen LogP contribution is -2.12. The zero-order valence-electron chi connectivity index (χ0n) is 6.53. The predicted octanol–water partition coefficient (Wildman–Crippen LogP) is -0.515. The van der Waals surface area contributed by atoms with Gasteiger partial charge in [-0.1, -0.05) is 0 Å². The number of aromatic amines is 1. The highest BCUT2D eigenvalue weighted by Gasteiger charge is 2.02. The van der Waals surface area contributed by atoms with Crippen molar-refractivity contribution < 1.29 is 9.53 Å². The Kier molecular flexibility index (Phi) is 2.57. The van der Waals surface area contributed by atoms with E-state index in [1.807, 2.05) is 0 Å². The lowest BCUT2D eigenvalue weighted by molar-refractivity contribution is -0.139. The molecule has 1 N–H and O–H groups in total. The first-order valence-electron chi connectivity index (χ1n) is 3.32. The van der Waals surface area contributed by atoms with Crippen LogP contribution < -0.4 is 5.56 Å². The molecule has 1 aromatic heterocycles. The highest BCUT2D eigenvalue weighted by atomic mass is 16.5. The zero-order chi connectivity index (χ0) is 8.97. The van der Waals surface area contributed by atoms with E-state index in [-0.39, 0.29) is 12.0 Å². The molecule has 12 heavy (non-hydrogen) atoms. The summed E-state index contributed by atoms with van der Waals surface area (Å²) < 4.78 is 4.41. The van der Waals surface area contributed by atoms with Crippen molar-refractivity contribution in [1.29, 1.82) is 0 Å². The largest absolute Gasteiger partial charge is 0.469 e. The molecule has 0 aliphatic heterocycles. The van der Waals surface area contributed by atoms with E-state index in [1.54, 1.807) is 0 Å². The van der Waals surface area contributed by atoms with Crippen molar-refractivity contribution in [1.82, 2.24) is 9.97 Å². The van der Waals surface area contributed by atoms with Crippen LogP contribution in [-0.2, 0) is 16.0 Å². The van der Waals surface area contributed by atoms with Crippen LogP contribution in [0.3, 0.4) is 0 Å². The molecule has 1 rings (SSSR count). The Bertz CT molecular complexity index is 331. The first-order valence-corrected chi connectivity index (χ1v) is 3.32. The van der Waals surface area contributed by atoms with Crippen LogP contribution >= 0.6 is 0 Å². The van der Waals surface area contributed by atoms with Crippen LogP contribution in [0.15, 0.2) is 17.2 Å². The minimum atomic E-state index is -0.404. The van der Waals surface area contributed by atoms with Crippen LogP contribution in [0.2, 0.25) is 0 Å². The molecule has 0 saturated carbocycles. The molecule has 0 saturated heterocycles. The lowest BCUT2D eigenvalue weighted by atomic mass is 10.3. The molecule has 0 amide bonds. The van der Waals surface area contributed by atoms with Crippen LogP contribution in [-0.4, -0.2) is 23.0 Å². The van der Waals surface area contributed by atoms with Crippen LogP contribution in [0.1, 0.15) is 5.69 Å². The normalized spacial score (nSPS) is 9.42. The maximum absolute atomic E-state index is 10.7. The molecule has 0 atom stereocenters. The monoisotopic (exact) mass is 168 g/mol. The molecule has 0 aromatic carbocycles. The van der Waals surface area contributed by atoms with Gasteiger partial charge >= 0.3 is 5.97 Å². The molecule has 0 radical (unpaired) electrons. The van der Waals surface area contributed by atoms with Gasteiger partial charge in [0.15, 0.2) is 0 Å². The third-order valence-corrected chi connectivity index (χ3v) is 1.27. The molecule has 0 fully saturated rings. The minimum absolute atomic E-state index is 0.0412.